The number of carbonyl (C=O) groups excluding carboxylic acids is 2. The third-order valence-electron chi connectivity index (χ3n) is 3.99. The molecule has 0 bridgehead atoms. The lowest BCUT2D eigenvalue weighted by molar-refractivity contribution is -0.138. The average Bonchev–Trinajstić information content (AvgIpc) is 3.34. The molecule has 144 valence electrons. The Hall–Kier alpha value is -2.16. The van der Waals surface area contributed by atoms with Gasteiger partial charge < -0.3 is 19.7 Å². The number of benzene rings is 1. The van der Waals surface area contributed by atoms with Gasteiger partial charge in [0, 0.05) is 29.8 Å². The predicted octanol–water partition coefficient (Wildman–Crippen LogP) is 2.82. The summed E-state index contributed by atoms with van der Waals surface area (Å²) in [5.41, 5.74) is 0. The third kappa shape index (κ3) is 6.20. The highest BCUT2D eigenvalue weighted by molar-refractivity contribution is 7.13. The molecule has 0 radical (unpaired) electrons. The maximum Gasteiger partial charge on any atom is 0.261 e. The van der Waals surface area contributed by atoms with Crippen LogP contribution in [-0.2, 0) is 14.3 Å². The lowest BCUT2D eigenvalue weighted by atomic mass is 10.2. The number of aromatic nitrogens is 1. The van der Waals surface area contributed by atoms with E-state index in [9.17, 15) is 9.59 Å². The van der Waals surface area contributed by atoms with E-state index in [4.69, 9.17) is 21.1 Å². The fourth-order valence-corrected chi connectivity index (χ4v) is 3.34. The number of nitrogens with one attached hydrogen (secondary N) is 1. The van der Waals surface area contributed by atoms with Gasteiger partial charge in [0.2, 0.25) is 5.91 Å². The lowest BCUT2D eigenvalue weighted by Crippen LogP contribution is -2.44. The maximum atomic E-state index is 12.6. The van der Waals surface area contributed by atoms with Gasteiger partial charge >= 0.3 is 0 Å². The Labute approximate surface area is 166 Å². The van der Waals surface area contributed by atoms with Gasteiger partial charge in [-0.3, -0.25) is 9.59 Å². The van der Waals surface area contributed by atoms with Gasteiger partial charge in [-0.1, -0.05) is 11.6 Å². The zero-order valence-corrected chi connectivity index (χ0v) is 16.2. The molecule has 0 spiro atoms. The summed E-state index contributed by atoms with van der Waals surface area (Å²) in [6, 6.07) is 6.75. The van der Waals surface area contributed by atoms with Gasteiger partial charge in [-0.15, -0.1) is 11.3 Å². The summed E-state index contributed by atoms with van der Waals surface area (Å²) < 4.78 is 11.1. The highest BCUT2D eigenvalue weighted by atomic mass is 35.5. The highest BCUT2D eigenvalue weighted by Crippen LogP contribution is 2.17. The topological polar surface area (TPSA) is 80.8 Å². The molecule has 0 unspecified atom stereocenters. The first-order valence-electron chi connectivity index (χ1n) is 8.57. The van der Waals surface area contributed by atoms with Crippen LogP contribution in [-0.4, -0.2) is 54.1 Å². The van der Waals surface area contributed by atoms with Crippen molar-refractivity contribution in [2.75, 3.05) is 31.6 Å². The van der Waals surface area contributed by atoms with Crippen LogP contribution in [0.25, 0.3) is 0 Å². The van der Waals surface area contributed by atoms with Crippen molar-refractivity contribution < 1.29 is 19.1 Å². The number of ether oxygens (including phenoxy) is 2. The Kier molecular flexibility index (Phi) is 7.03. The van der Waals surface area contributed by atoms with Crippen molar-refractivity contribution in [3.05, 3.63) is 40.9 Å². The number of rotatable bonds is 8. The number of hydrogen-bond acceptors (Lipinski definition) is 6. The Bertz CT molecular complexity index is 748. The molecule has 2 amide bonds. The Balaban J connectivity index is 1.58. The van der Waals surface area contributed by atoms with E-state index in [1.54, 1.807) is 35.8 Å². The molecule has 27 heavy (non-hydrogen) atoms. The van der Waals surface area contributed by atoms with Crippen LogP contribution in [0.15, 0.2) is 35.8 Å². The van der Waals surface area contributed by atoms with E-state index in [1.165, 1.54) is 16.2 Å². The molecule has 7 nitrogen and oxygen atoms in total. The molecule has 1 aromatic heterocycles. The molecule has 1 aliphatic heterocycles. The van der Waals surface area contributed by atoms with Crippen molar-refractivity contribution >= 4 is 39.9 Å². The van der Waals surface area contributed by atoms with E-state index >= 15 is 0 Å². The molecule has 1 saturated heterocycles. The van der Waals surface area contributed by atoms with Gasteiger partial charge in [-0.05, 0) is 37.1 Å². The van der Waals surface area contributed by atoms with E-state index < -0.39 is 0 Å². The molecule has 1 fully saturated rings. The van der Waals surface area contributed by atoms with Crippen LogP contribution in [0.4, 0.5) is 5.13 Å². The second kappa shape index (κ2) is 9.68. The zero-order chi connectivity index (χ0) is 19.1. The molecule has 1 atom stereocenters. The minimum atomic E-state index is -0.303. The number of nitrogens with zero attached hydrogens (tertiary/aromatic N) is 2. The smallest absolute Gasteiger partial charge is 0.261 e. The second-order valence-corrected chi connectivity index (χ2v) is 7.37. The second-order valence-electron chi connectivity index (χ2n) is 6.04. The van der Waals surface area contributed by atoms with Crippen LogP contribution in [0.3, 0.4) is 0 Å². The first-order chi connectivity index (χ1) is 13.1. The van der Waals surface area contributed by atoms with E-state index in [2.05, 4.69) is 10.3 Å². The van der Waals surface area contributed by atoms with Gasteiger partial charge in [0.25, 0.3) is 5.91 Å². The van der Waals surface area contributed by atoms with Gasteiger partial charge in [0.1, 0.15) is 12.3 Å². The van der Waals surface area contributed by atoms with E-state index in [0.717, 1.165) is 12.8 Å². The number of thiazole rings is 1. The van der Waals surface area contributed by atoms with Crippen molar-refractivity contribution in [3.8, 4) is 5.75 Å². The summed E-state index contributed by atoms with van der Waals surface area (Å²) >= 11 is 7.16. The van der Waals surface area contributed by atoms with E-state index in [-0.39, 0.29) is 31.1 Å². The SMILES string of the molecule is O=C(CN(C[C@H]1CCCO1)C(=O)COc1ccc(Cl)cc1)Nc1nccs1. The maximum absolute atomic E-state index is 12.6. The van der Waals surface area contributed by atoms with Gasteiger partial charge in [-0.2, -0.15) is 0 Å². The first-order valence-corrected chi connectivity index (χ1v) is 9.83. The number of carbonyl (C=O) groups is 2. The van der Waals surface area contributed by atoms with Crippen molar-refractivity contribution in [2.45, 2.75) is 18.9 Å². The molecule has 2 heterocycles. The normalized spacial score (nSPS) is 16.1. The van der Waals surface area contributed by atoms with Crippen LogP contribution in [0.1, 0.15) is 12.8 Å². The summed E-state index contributed by atoms with van der Waals surface area (Å²) in [7, 11) is 0. The van der Waals surface area contributed by atoms with Crippen LogP contribution < -0.4 is 10.1 Å². The quantitative estimate of drug-likeness (QED) is 0.725. The molecule has 1 aromatic carbocycles. The van der Waals surface area contributed by atoms with E-state index in [1.807, 2.05) is 0 Å². The molecule has 9 heteroatoms. The fourth-order valence-electron chi connectivity index (χ4n) is 2.67. The predicted molar refractivity (Wildman–Crippen MR) is 103 cm³/mol. The van der Waals surface area contributed by atoms with Gasteiger partial charge in [0.15, 0.2) is 11.7 Å². The fraction of sp³-hybridized carbons (Fsp3) is 0.389. The standard InChI is InChI=1S/C18H20ClN3O4S/c19-13-3-5-14(6-4-13)26-12-17(24)22(10-15-2-1-8-25-15)11-16(23)21-18-20-7-9-27-18/h3-7,9,15H,1-2,8,10-12H2,(H,20,21,23)/t15-/m1/s1. The van der Waals surface area contributed by atoms with Gasteiger partial charge in [0.05, 0.1) is 6.10 Å². The summed E-state index contributed by atoms with van der Waals surface area (Å²) in [6.07, 6.45) is 3.38. The number of amides is 2. The van der Waals surface area contributed by atoms with Crippen molar-refractivity contribution in [3.63, 3.8) is 0 Å². The number of anilines is 1. The summed E-state index contributed by atoms with van der Waals surface area (Å²) in [5.74, 6) is -0.0467. The van der Waals surface area contributed by atoms with Crippen LogP contribution in [0.5, 0.6) is 5.75 Å². The van der Waals surface area contributed by atoms with Crippen LogP contribution in [0.2, 0.25) is 5.02 Å². The van der Waals surface area contributed by atoms with E-state index in [0.29, 0.717) is 29.1 Å². The average molecular weight is 410 g/mol. The molecule has 2 aromatic rings. The molecule has 0 aliphatic carbocycles. The lowest BCUT2D eigenvalue weighted by Gasteiger charge is -2.24. The van der Waals surface area contributed by atoms with Gasteiger partial charge in [-0.25, -0.2) is 4.98 Å². The number of halogens is 1. The Morgan fingerprint density at radius 3 is 2.85 bits per heavy atom. The van der Waals surface area contributed by atoms with Crippen LogP contribution >= 0.6 is 22.9 Å². The molecular weight excluding hydrogens is 390 g/mol. The van der Waals surface area contributed by atoms with Crippen molar-refractivity contribution in [1.82, 2.24) is 9.88 Å². The Morgan fingerprint density at radius 2 is 2.19 bits per heavy atom. The Morgan fingerprint density at radius 1 is 1.37 bits per heavy atom. The van der Waals surface area contributed by atoms with Crippen molar-refractivity contribution in [1.29, 1.82) is 0 Å². The molecule has 0 saturated carbocycles. The van der Waals surface area contributed by atoms with Crippen LogP contribution in [0, 0.1) is 0 Å². The third-order valence-corrected chi connectivity index (χ3v) is 4.93. The largest absolute Gasteiger partial charge is 0.484 e. The monoisotopic (exact) mass is 409 g/mol. The molecule has 1 N–H and O–H groups in total. The number of hydrogen-bond donors (Lipinski definition) is 1. The first kappa shape index (κ1) is 19.6. The van der Waals surface area contributed by atoms with Crippen molar-refractivity contribution in [2.24, 2.45) is 0 Å². The summed E-state index contributed by atoms with van der Waals surface area (Å²) in [6.45, 7) is 0.786. The molecule has 1 aliphatic rings. The zero-order valence-electron chi connectivity index (χ0n) is 14.6. The summed E-state index contributed by atoms with van der Waals surface area (Å²) in [5, 5.41) is 5.55. The molecule has 3 rings (SSSR count). The minimum absolute atomic E-state index is 0.0582. The molecular formula is C18H20ClN3O4S. The summed E-state index contributed by atoms with van der Waals surface area (Å²) in [4.78, 5) is 30.4. The highest BCUT2D eigenvalue weighted by Gasteiger charge is 2.25. The minimum Gasteiger partial charge on any atom is -0.484 e.